The number of halogens is 3. The summed E-state index contributed by atoms with van der Waals surface area (Å²) in [5.41, 5.74) is 4.79. The fourth-order valence-electron chi connectivity index (χ4n) is 4.32. The third-order valence-corrected chi connectivity index (χ3v) is 6.19. The predicted octanol–water partition coefficient (Wildman–Crippen LogP) is 5.51. The second kappa shape index (κ2) is 12.4. The van der Waals surface area contributed by atoms with Gasteiger partial charge in [0.2, 0.25) is 5.96 Å². The molecule has 2 aromatic carbocycles. The number of nitrogens with two attached hydrogens (primary N) is 1. The molecule has 12 heteroatoms. The number of hydrogen-bond donors (Lipinski definition) is 2. The topological polar surface area (TPSA) is 123 Å². The summed E-state index contributed by atoms with van der Waals surface area (Å²) < 4.78 is 52.6. The van der Waals surface area contributed by atoms with Crippen LogP contribution in [0.5, 0.6) is 0 Å². The number of nitrogens with zero attached hydrogens (tertiary/aromatic N) is 2. The smallest absolute Gasteiger partial charge is 0.437 e. The molecule has 0 aromatic heterocycles. The van der Waals surface area contributed by atoms with E-state index in [9.17, 15) is 27.6 Å². The van der Waals surface area contributed by atoms with Crippen molar-refractivity contribution in [2.75, 3.05) is 13.1 Å². The number of alkyl halides is 3. The molecule has 216 valence electrons. The van der Waals surface area contributed by atoms with Crippen LogP contribution in [0.3, 0.4) is 0 Å². The van der Waals surface area contributed by atoms with Crippen LogP contribution in [0.25, 0.3) is 0 Å². The number of amides is 3. The van der Waals surface area contributed by atoms with Gasteiger partial charge in [0.05, 0.1) is 5.56 Å². The number of aliphatic imine (C=N–C) groups is 1. The van der Waals surface area contributed by atoms with Crippen LogP contribution in [0.4, 0.5) is 22.8 Å². The maximum Gasteiger partial charge on any atom is 0.437 e. The Morgan fingerprint density at radius 2 is 1.70 bits per heavy atom. The second-order valence-corrected chi connectivity index (χ2v) is 10.5. The minimum Gasteiger partial charge on any atom is -0.444 e. The predicted molar refractivity (Wildman–Crippen MR) is 142 cm³/mol. The van der Waals surface area contributed by atoms with E-state index in [1.54, 1.807) is 51.1 Å². The standard InChI is InChI=1S/C28H33F3N4O5/c1-17-14-21(19-10-12-35(13-11-19)26(38)40-27(2,3)4)22(28(29,30)31)15-20(17)23(36)33-24(32)34-25(37)39-16-18-8-6-5-7-9-18/h5-9,14-15,19H,10-13,16H2,1-4H3,(H3,32,33,34,36,37). The summed E-state index contributed by atoms with van der Waals surface area (Å²) in [5.74, 6) is -2.04. The highest BCUT2D eigenvalue weighted by atomic mass is 19.4. The lowest BCUT2D eigenvalue weighted by molar-refractivity contribution is -0.138. The van der Waals surface area contributed by atoms with Gasteiger partial charge in [0.1, 0.15) is 12.2 Å². The molecule has 0 radical (unpaired) electrons. The van der Waals surface area contributed by atoms with Gasteiger partial charge in [0, 0.05) is 18.7 Å². The molecule has 0 saturated carbocycles. The van der Waals surface area contributed by atoms with E-state index in [0.29, 0.717) is 18.4 Å². The van der Waals surface area contributed by atoms with Crippen LogP contribution in [0.15, 0.2) is 47.5 Å². The van der Waals surface area contributed by atoms with Crippen molar-refractivity contribution in [1.82, 2.24) is 10.2 Å². The van der Waals surface area contributed by atoms with Crippen molar-refractivity contribution in [3.05, 3.63) is 70.3 Å². The summed E-state index contributed by atoms with van der Waals surface area (Å²) in [6, 6.07) is 10.9. The molecular formula is C28H33F3N4O5. The van der Waals surface area contributed by atoms with Crippen LogP contribution >= 0.6 is 0 Å². The van der Waals surface area contributed by atoms with E-state index in [1.165, 1.54) is 17.9 Å². The van der Waals surface area contributed by atoms with Crippen molar-refractivity contribution in [2.24, 2.45) is 10.7 Å². The van der Waals surface area contributed by atoms with Crippen LogP contribution in [0.2, 0.25) is 0 Å². The lowest BCUT2D eigenvalue weighted by Gasteiger charge is -2.34. The number of guanidine groups is 1. The van der Waals surface area contributed by atoms with E-state index in [4.69, 9.17) is 15.2 Å². The van der Waals surface area contributed by atoms with Crippen LogP contribution in [0.1, 0.15) is 72.1 Å². The van der Waals surface area contributed by atoms with E-state index >= 15 is 0 Å². The third-order valence-electron chi connectivity index (χ3n) is 6.19. The van der Waals surface area contributed by atoms with E-state index in [1.807, 2.05) is 0 Å². The molecule has 0 bridgehead atoms. The molecule has 9 nitrogen and oxygen atoms in total. The quantitative estimate of drug-likeness (QED) is 0.374. The number of nitrogens with one attached hydrogen (secondary N) is 1. The minimum atomic E-state index is -4.73. The number of hydrogen-bond acceptors (Lipinski definition) is 5. The largest absolute Gasteiger partial charge is 0.444 e. The first kappa shape index (κ1) is 30.5. The van der Waals surface area contributed by atoms with E-state index in [0.717, 1.165) is 6.07 Å². The number of ether oxygens (including phenoxy) is 2. The Hall–Kier alpha value is -4.09. The highest BCUT2D eigenvalue weighted by Gasteiger charge is 2.38. The molecule has 1 heterocycles. The summed E-state index contributed by atoms with van der Waals surface area (Å²) in [6.45, 7) is 7.14. The first-order chi connectivity index (χ1) is 18.6. The summed E-state index contributed by atoms with van der Waals surface area (Å²) in [6.07, 6.45) is -5.70. The second-order valence-electron chi connectivity index (χ2n) is 10.5. The summed E-state index contributed by atoms with van der Waals surface area (Å²) >= 11 is 0. The number of piperidine rings is 1. The Labute approximate surface area is 230 Å². The molecular weight excluding hydrogens is 529 g/mol. The van der Waals surface area contributed by atoms with Crippen molar-refractivity contribution in [2.45, 2.75) is 64.8 Å². The van der Waals surface area contributed by atoms with Crippen LogP contribution < -0.4 is 11.1 Å². The van der Waals surface area contributed by atoms with Gasteiger partial charge in [0.15, 0.2) is 0 Å². The highest BCUT2D eigenvalue weighted by Crippen LogP contribution is 2.40. The molecule has 1 saturated heterocycles. The van der Waals surface area contributed by atoms with E-state index < -0.39 is 47.3 Å². The Morgan fingerprint density at radius 3 is 2.27 bits per heavy atom. The molecule has 3 amide bonds. The molecule has 2 aromatic rings. The Bertz CT molecular complexity index is 1270. The van der Waals surface area contributed by atoms with E-state index in [2.05, 4.69) is 10.3 Å². The molecule has 3 rings (SSSR count). The molecule has 1 fully saturated rings. The van der Waals surface area contributed by atoms with E-state index in [-0.39, 0.29) is 36.4 Å². The molecule has 0 atom stereocenters. The number of rotatable bonds is 4. The number of benzene rings is 2. The summed E-state index contributed by atoms with van der Waals surface area (Å²) in [5, 5.41) is 2.14. The zero-order valence-corrected chi connectivity index (χ0v) is 22.8. The normalized spacial score (nSPS) is 15.0. The number of likely N-dealkylation sites (tertiary alicyclic amines) is 1. The van der Waals surface area contributed by atoms with Crippen LogP contribution in [-0.2, 0) is 22.3 Å². The average Bonchev–Trinajstić information content (AvgIpc) is 2.86. The van der Waals surface area contributed by atoms with Crippen molar-refractivity contribution in [3.63, 3.8) is 0 Å². The third kappa shape index (κ3) is 8.45. The Kier molecular flexibility index (Phi) is 9.44. The van der Waals surface area contributed by atoms with Crippen molar-refractivity contribution >= 4 is 24.1 Å². The highest BCUT2D eigenvalue weighted by molar-refractivity contribution is 6.07. The summed E-state index contributed by atoms with van der Waals surface area (Å²) in [4.78, 5) is 42.0. The lowest BCUT2D eigenvalue weighted by atomic mass is 9.84. The van der Waals surface area contributed by atoms with Crippen molar-refractivity contribution < 1.29 is 37.0 Å². The van der Waals surface area contributed by atoms with Crippen molar-refractivity contribution in [3.8, 4) is 0 Å². The Morgan fingerprint density at radius 1 is 1.07 bits per heavy atom. The maximum atomic E-state index is 14.1. The first-order valence-electron chi connectivity index (χ1n) is 12.7. The monoisotopic (exact) mass is 562 g/mol. The Balaban J connectivity index is 1.72. The van der Waals surface area contributed by atoms with Gasteiger partial charge in [-0.25, -0.2) is 9.59 Å². The zero-order chi connectivity index (χ0) is 29.7. The number of carbonyl (C=O) groups excluding carboxylic acids is 3. The van der Waals surface area contributed by atoms with Gasteiger partial charge in [-0.3, -0.25) is 10.1 Å². The average molecular weight is 563 g/mol. The van der Waals surface area contributed by atoms with Crippen molar-refractivity contribution in [1.29, 1.82) is 0 Å². The van der Waals surface area contributed by atoms with Gasteiger partial charge < -0.3 is 20.1 Å². The molecule has 1 aliphatic heterocycles. The van der Waals surface area contributed by atoms with Crippen LogP contribution in [-0.4, -0.2) is 47.6 Å². The number of aryl methyl sites for hydroxylation is 1. The molecule has 0 spiro atoms. The minimum absolute atomic E-state index is 0.0523. The molecule has 3 N–H and O–H groups in total. The fourth-order valence-corrected chi connectivity index (χ4v) is 4.32. The van der Waals surface area contributed by atoms with Gasteiger partial charge in [-0.1, -0.05) is 36.4 Å². The van der Waals surface area contributed by atoms with Crippen LogP contribution in [0, 0.1) is 6.92 Å². The van der Waals surface area contributed by atoms with Gasteiger partial charge >= 0.3 is 18.4 Å². The number of carbonyl (C=O) groups is 3. The molecule has 0 unspecified atom stereocenters. The molecule has 0 aliphatic carbocycles. The van der Waals surface area contributed by atoms with Gasteiger partial charge in [-0.05, 0) is 69.2 Å². The zero-order valence-electron chi connectivity index (χ0n) is 22.8. The van der Waals surface area contributed by atoms with Gasteiger partial charge in [-0.2, -0.15) is 13.2 Å². The maximum absolute atomic E-state index is 14.1. The fraction of sp³-hybridized carbons (Fsp3) is 0.429. The molecule has 1 aliphatic rings. The van der Waals surface area contributed by atoms with Gasteiger partial charge in [0.25, 0.3) is 5.91 Å². The SMILES string of the molecule is Cc1cc(C2CCN(C(=O)OC(C)(C)C)CC2)c(C(F)(F)F)cc1C(=O)N/C(N)=N\C(=O)OCc1ccccc1. The molecule has 40 heavy (non-hydrogen) atoms. The lowest BCUT2D eigenvalue weighted by Crippen LogP contribution is -2.41. The first-order valence-corrected chi connectivity index (χ1v) is 12.7. The van der Waals surface area contributed by atoms with Gasteiger partial charge in [-0.15, -0.1) is 4.99 Å². The summed E-state index contributed by atoms with van der Waals surface area (Å²) in [7, 11) is 0.